The summed E-state index contributed by atoms with van der Waals surface area (Å²) in [5.41, 5.74) is 2.55. The molecule has 0 aliphatic carbocycles. The number of hydrogen-bond acceptors (Lipinski definition) is 4. The third-order valence-corrected chi connectivity index (χ3v) is 4.22. The fourth-order valence-corrected chi connectivity index (χ4v) is 2.94. The maximum atomic E-state index is 12.0. The van der Waals surface area contributed by atoms with Gasteiger partial charge in [0.2, 0.25) is 0 Å². The Kier molecular flexibility index (Phi) is 6.80. The number of urea groups is 1. The quantitative estimate of drug-likeness (QED) is 0.756. The van der Waals surface area contributed by atoms with Gasteiger partial charge in [-0.3, -0.25) is 4.98 Å². The molecule has 0 saturated carbocycles. The largest absolute Gasteiger partial charge is 0.385 e. The molecule has 1 aromatic rings. The van der Waals surface area contributed by atoms with Crippen LogP contribution < -0.4 is 10.6 Å². The van der Waals surface area contributed by atoms with Crippen molar-refractivity contribution < 1.29 is 9.53 Å². The summed E-state index contributed by atoms with van der Waals surface area (Å²) in [6.45, 7) is 8.60. The predicted molar refractivity (Wildman–Crippen MR) is 91.8 cm³/mol. The Hall–Kier alpha value is -1.66. The van der Waals surface area contributed by atoms with Gasteiger partial charge in [-0.1, -0.05) is 0 Å². The van der Waals surface area contributed by atoms with E-state index in [2.05, 4.69) is 20.5 Å². The normalized spacial score (nSPS) is 18.1. The average Bonchev–Trinajstić information content (AvgIpc) is 2.96. The number of nitrogens with one attached hydrogen (secondary N) is 2. The van der Waals surface area contributed by atoms with Crippen molar-refractivity contribution in [1.29, 1.82) is 0 Å². The molecule has 6 nitrogen and oxygen atoms in total. The van der Waals surface area contributed by atoms with Gasteiger partial charge in [-0.05, 0) is 51.3 Å². The molecule has 1 saturated heterocycles. The van der Waals surface area contributed by atoms with E-state index in [0.29, 0.717) is 12.5 Å². The number of methoxy groups -OCH3 is 1. The monoisotopic (exact) mass is 320 g/mol. The zero-order chi connectivity index (χ0) is 16.7. The summed E-state index contributed by atoms with van der Waals surface area (Å²) < 4.78 is 5.08. The number of amides is 2. The molecule has 1 aliphatic rings. The Balaban J connectivity index is 1.69. The number of aryl methyl sites for hydroxylation is 2. The third kappa shape index (κ3) is 5.80. The van der Waals surface area contributed by atoms with Crippen LogP contribution in [0.5, 0.6) is 0 Å². The van der Waals surface area contributed by atoms with Crippen molar-refractivity contribution in [2.75, 3.05) is 45.2 Å². The number of hydrogen-bond donors (Lipinski definition) is 2. The van der Waals surface area contributed by atoms with E-state index in [0.717, 1.165) is 56.2 Å². The average molecular weight is 320 g/mol. The summed E-state index contributed by atoms with van der Waals surface area (Å²) in [6, 6.07) is 3.64. The van der Waals surface area contributed by atoms with E-state index in [-0.39, 0.29) is 6.03 Å². The summed E-state index contributed by atoms with van der Waals surface area (Å²) in [5, 5.41) is 5.85. The maximum Gasteiger partial charge on any atom is 0.319 e. The van der Waals surface area contributed by atoms with Crippen LogP contribution in [0.15, 0.2) is 12.1 Å². The minimum atomic E-state index is -0.156. The number of anilines is 1. The Morgan fingerprint density at radius 2 is 2.26 bits per heavy atom. The van der Waals surface area contributed by atoms with E-state index in [9.17, 15) is 4.79 Å². The molecule has 2 rings (SSSR count). The molecule has 2 amide bonds. The van der Waals surface area contributed by atoms with E-state index in [1.807, 2.05) is 26.0 Å². The van der Waals surface area contributed by atoms with Gasteiger partial charge >= 0.3 is 6.03 Å². The van der Waals surface area contributed by atoms with E-state index in [1.165, 1.54) is 0 Å². The second-order valence-corrected chi connectivity index (χ2v) is 6.22. The standard InChI is InChI=1S/C17H28N4O2/c1-13-5-6-16(14(2)19-13)20-17(22)18-11-15-7-9-21(12-15)8-4-10-23-3/h5-6,15H,4,7-12H2,1-3H3,(H2,18,20,22)/t15-/m1/s1. The molecular weight excluding hydrogens is 292 g/mol. The first kappa shape index (κ1) is 17.7. The molecule has 0 unspecified atom stereocenters. The minimum absolute atomic E-state index is 0.156. The smallest absolute Gasteiger partial charge is 0.319 e. The lowest BCUT2D eigenvalue weighted by molar-refractivity contribution is 0.178. The van der Waals surface area contributed by atoms with Crippen molar-refractivity contribution >= 4 is 11.7 Å². The van der Waals surface area contributed by atoms with Gasteiger partial charge in [0, 0.05) is 39.0 Å². The molecule has 0 aromatic carbocycles. The van der Waals surface area contributed by atoms with Crippen LogP contribution in [-0.4, -0.2) is 55.8 Å². The maximum absolute atomic E-state index is 12.0. The number of nitrogens with zero attached hydrogens (tertiary/aromatic N) is 2. The van der Waals surface area contributed by atoms with E-state index in [1.54, 1.807) is 7.11 Å². The lowest BCUT2D eigenvalue weighted by Crippen LogP contribution is -2.34. The summed E-state index contributed by atoms with van der Waals surface area (Å²) in [7, 11) is 1.74. The van der Waals surface area contributed by atoms with Crippen molar-refractivity contribution in [2.24, 2.45) is 5.92 Å². The lowest BCUT2D eigenvalue weighted by Gasteiger charge is -2.16. The van der Waals surface area contributed by atoms with Gasteiger partial charge in [0.1, 0.15) is 0 Å². The molecule has 1 atom stereocenters. The lowest BCUT2D eigenvalue weighted by atomic mass is 10.1. The molecule has 0 radical (unpaired) electrons. The number of pyridine rings is 1. The van der Waals surface area contributed by atoms with Crippen LogP contribution in [0.1, 0.15) is 24.2 Å². The van der Waals surface area contributed by atoms with Crippen LogP contribution in [0.25, 0.3) is 0 Å². The second kappa shape index (κ2) is 8.84. The second-order valence-electron chi connectivity index (χ2n) is 6.22. The molecule has 6 heteroatoms. The molecule has 23 heavy (non-hydrogen) atoms. The Bertz CT molecular complexity index is 521. The molecule has 1 aromatic heterocycles. The highest BCUT2D eigenvalue weighted by Gasteiger charge is 2.22. The van der Waals surface area contributed by atoms with Crippen molar-refractivity contribution in [3.8, 4) is 0 Å². The Morgan fingerprint density at radius 1 is 1.43 bits per heavy atom. The van der Waals surface area contributed by atoms with Crippen LogP contribution in [0.2, 0.25) is 0 Å². The number of carbonyl (C=O) groups is 1. The van der Waals surface area contributed by atoms with Gasteiger partial charge in [0.15, 0.2) is 0 Å². The van der Waals surface area contributed by atoms with Gasteiger partial charge in [0.25, 0.3) is 0 Å². The molecule has 0 bridgehead atoms. The fourth-order valence-electron chi connectivity index (χ4n) is 2.94. The highest BCUT2D eigenvalue weighted by molar-refractivity contribution is 5.89. The van der Waals surface area contributed by atoms with Crippen LogP contribution >= 0.6 is 0 Å². The van der Waals surface area contributed by atoms with Crippen molar-refractivity contribution in [3.63, 3.8) is 0 Å². The number of aromatic nitrogens is 1. The highest BCUT2D eigenvalue weighted by Crippen LogP contribution is 2.16. The molecule has 0 spiro atoms. The Labute approximate surface area is 138 Å². The summed E-state index contributed by atoms with van der Waals surface area (Å²) in [4.78, 5) is 18.8. The van der Waals surface area contributed by atoms with Crippen LogP contribution in [0.4, 0.5) is 10.5 Å². The summed E-state index contributed by atoms with van der Waals surface area (Å²) in [5.74, 6) is 0.528. The van der Waals surface area contributed by atoms with E-state index in [4.69, 9.17) is 4.74 Å². The number of rotatable bonds is 7. The molecule has 2 N–H and O–H groups in total. The predicted octanol–water partition coefficient (Wildman–Crippen LogP) is 2.18. The zero-order valence-electron chi connectivity index (χ0n) is 14.4. The molecule has 128 valence electrons. The molecule has 2 heterocycles. The van der Waals surface area contributed by atoms with Gasteiger partial charge in [0.05, 0.1) is 11.4 Å². The summed E-state index contributed by atoms with van der Waals surface area (Å²) >= 11 is 0. The van der Waals surface area contributed by atoms with Gasteiger partial charge in [-0.15, -0.1) is 0 Å². The van der Waals surface area contributed by atoms with Crippen molar-refractivity contribution in [2.45, 2.75) is 26.7 Å². The van der Waals surface area contributed by atoms with Crippen LogP contribution in [0, 0.1) is 19.8 Å². The zero-order valence-corrected chi connectivity index (χ0v) is 14.4. The first-order chi connectivity index (χ1) is 11.1. The first-order valence-electron chi connectivity index (χ1n) is 8.29. The number of likely N-dealkylation sites (tertiary alicyclic amines) is 1. The van der Waals surface area contributed by atoms with Crippen molar-refractivity contribution in [1.82, 2.24) is 15.2 Å². The highest BCUT2D eigenvalue weighted by atomic mass is 16.5. The van der Waals surface area contributed by atoms with Crippen LogP contribution in [0.3, 0.4) is 0 Å². The molecular formula is C17H28N4O2. The van der Waals surface area contributed by atoms with E-state index < -0.39 is 0 Å². The molecule has 1 aliphatic heterocycles. The van der Waals surface area contributed by atoms with E-state index >= 15 is 0 Å². The minimum Gasteiger partial charge on any atom is -0.385 e. The number of carbonyl (C=O) groups excluding carboxylic acids is 1. The van der Waals surface area contributed by atoms with Crippen molar-refractivity contribution in [3.05, 3.63) is 23.5 Å². The van der Waals surface area contributed by atoms with Crippen LogP contribution in [-0.2, 0) is 4.74 Å². The number of ether oxygens (including phenoxy) is 1. The SMILES string of the molecule is COCCCN1CC[C@H](CNC(=O)Nc2ccc(C)nc2C)C1. The first-order valence-corrected chi connectivity index (χ1v) is 8.29. The summed E-state index contributed by atoms with van der Waals surface area (Å²) in [6.07, 6.45) is 2.20. The fraction of sp³-hybridized carbons (Fsp3) is 0.647. The van der Waals surface area contributed by atoms with Gasteiger partial charge in [-0.25, -0.2) is 4.79 Å². The molecule has 1 fully saturated rings. The third-order valence-electron chi connectivity index (χ3n) is 4.22. The van der Waals surface area contributed by atoms with Gasteiger partial charge in [-0.2, -0.15) is 0 Å². The topological polar surface area (TPSA) is 66.5 Å². The van der Waals surface area contributed by atoms with Gasteiger partial charge < -0.3 is 20.3 Å². The Morgan fingerprint density at radius 3 is 3.00 bits per heavy atom.